The van der Waals surface area contributed by atoms with Crippen LogP contribution in [0.5, 0.6) is 0 Å². The van der Waals surface area contributed by atoms with E-state index in [1.54, 1.807) is 4.90 Å². The largest absolute Gasteiger partial charge is 0.342 e. The average Bonchev–Trinajstić information content (AvgIpc) is 2.43. The summed E-state index contributed by atoms with van der Waals surface area (Å²) in [6.07, 6.45) is 7.20. The van der Waals surface area contributed by atoms with Crippen molar-refractivity contribution in [3.8, 4) is 0 Å². The molecule has 3 N–H and O–H groups in total. The van der Waals surface area contributed by atoms with Gasteiger partial charge >= 0.3 is 0 Å². The molecule has 5 nitrogen and oxygen atoms in total. The number of amides is 2. The standard InChI is InChI=1S/C15H29N3O2/c1-12(2)5-3-4-6-13-7-9-18(10-8-13)15(20)11-14(19)17-16/h12-13H,3-11,16H2,1-2H3,(H,17,19). The van der Waals surface area contributed by atoms with E-state index in [-0.39, 0.29) is 12.3 Å². The van der Waals surface area contributed by atoms with Gasteiger partial charge in [-0.2, -0.15) is 0 Å². The first-order chi connectivity index (χ1) is 9.52. The van der Waals surface area contributed by atoms with Crippen LogP contribution in [0.3, 0.4) is 0 Å². The minimum absolute atomic E-state index is 0.105. The molecule has 1 fully saturated rings. The zero-order valence-electron chi connectivity index (χ0n) is 12.9. The molecule has 116 valence electrons. The number of unbranched alkanes of at least 4 members (excludes halogenated alkanes) is 1. The smallest absolute Gasteiger partial charge is 0.243 e. The maximum atomic E-state index is 11.8. The lowest BCUT2D eigenvalue weighted by Crippen LogP contribution is -2.41. The lowest BCUT2D eigenvalue weighted by molar-refractivity contribution is -0.137. The maximum Gasteiger partial charge on any atom is 0.243 e. The number of nitrogens with one attached hydrogen (secondary N) is 1. The second-order valence-corrected chi connectivity index (χ2v) is 6.25. The quantitative estimate of drug-likeness (QED) is 0.246. The summed E-state index contributed by atoms with van der Waals surface area (Å²) >= 11 is 0. The number of likely N-dealkylation sites (tertiary alicyclic amines) is 1. The van der Waals surface area contributed by atoms with Crippen molar-refractivity contribution in [3.63, 3.8) is 0 Å². The number of nitrogens with zero attached hydrogens (tertiary/aromatic N) is 1. The molecule has 1 aliphatic rings. The van der Waals surface area contributed by atoms with Crippen molar-refractivity contribution in [1.82, 2.24) is 10.3 Å². The van der Waals surface area contributed by atoms with Crippen LogP contribution in [0.25, 0.3) is 0 Å². The average molecular weight is 283 g/mol. The van der Waals surface area contributed by atoms with Crippen LogP contribution in [-0.4, -0.2) is 29.8 Å². The lowest BCUT2D eigenvalue weighted by Gasteiger charge is -2.32. The molecule has 0 radical (unpaired) electrons. The molecular weight excluding hydrogens is 254 g/mol. The number of carbonyl (C=O) groups excluding carboxylic acids is 2. The summed E-state index contributed by atoms with van der Waals surface area (Å²) in [5.74, 6) is 6.01. The van der Waals surface area contributed by atoms with Gasteiger partial charge in [-0.25, -0.2) is 5.84 Å². The number of piperidine rings is 1. The Hall–Kier alpha value is -1.10. The molecule has 1 saturated heterocycles. The van der Waals surface area contributed by atoms with Gasteiger partial charge in [0.2, 0.25) is 11.8 Å². The maximum absolute atomic E-state index is 11.8. The Morgan fingerprint density at radius 1 is 1.25 bits per heavy atom. The molecule has 0 aliphatic carbocycles. The highest BCUT2D eigenvalue weighted by Crippen LogP contribution is 2.23. The number of nitrogens with two attached hydrogens (primary N) is 1. The van der Waals surface area contributed by atoms with Crippen LogP contribution in [0.1, 0.15) is 58.8 Å². The summed E-state index contributed by atoms with van der Waals surface area (Å²) in [5.41, 5.74) is 2.00. The second kappa shape index (κ2) is 8.95. The minimum Gasteiger partial charge on any atom is -0.342 e. The molecule has 2 amide bonds. The SMILES string of the molecule is CC(C)CCCCC1CCN(C(=O)CC(=O)NN)CC1. The Kier molecular flexibility index (Phi) is 7.59. The molecule has 5 heteroatoms. The van der Waals surface area contributed by atoms with Crippen molar-refractivity contribution in [2.75, 3.05) is 13.1 Å². The molecule has 0 aromatic heterocycles. The van der Waals surface area contributed by atoms with Gasteiger partial charge in [0.25, 0.3) is 0 Å². The fourth-order valence-corrected chi connectivity index (χ4v) is 2.76. The summed E-state index contributed by atoms with van der Waals surface area (Å²) < 4.78 is 0. The minimum atomic E-state index is -0.411. The van der Waals surface area contributed by atoms with E-state index in [0.717, 1.165) is 37.8 Å². The number of rotatable bonds is 7. The summed E-state index contributed by atoms with van der Waals surface area (Å²) in [4.78, 5) is 24.7. The molecule has 0 aromatic rings. The third kappa shape index (κ3) is 6.37. The van der Waals surface area contributed by atoms with Gasteiger partial charge in [0.15, 0.2) is 0 Å². The van der Waals surface area contributed by atoms with Gasteiger partial charge in [-0.3, -0.25) is 15.0 Å². The van der Waals surface area contributed by atoms with Crippen molar-refractivity contribution in [3.05, 3.63) is 0 Å². The highest BCUT2D eigenvalue weighted by atomic mass is 16.2. The van der Waals surface area contributed by atoms with E-state index < -0.39 is 5.91 Å². The molecule has 1 heterocycles. The van der Waals surface area contributed by atoms with Crippen molar-refractivity contribution < 1.29 is 9.59 Å². The van der Waals surface area contributed by atoms with Crippen molar-refractivity contribution in [1.29, 1.82) is 0 Å². The third-order valence-corrected chi connectivity index (χ3v) is 4.08. The van der Waals surface area contributed by atoms with E-state index >= 15 is 0 Å². The van der Waals surface area contributed by atoms with Gasteiger partial charge in [0.05, 0.1) is 0 Å². The number of carbonyl (C=O) groups is 2. The van der Waals surface area contributed by atoms with Gasteiger partial charge in [-0.15, -0.1) is 0 Å². The Morgan fingerprint density at radius 2 is 1.90 bits per heavy atom. The normalized spacial score (nSPS) is 16.5. The number of hydrogen-bond donors (Lipinski definition) is 2. The van der Waals surface area contributed by atoms with E-state index in [9.17, 15) is 9.59 Å². The number of hydrogen-bond acceptors (Lipinski definition) is 3. The van der Waals surface area contributed by atoms with Crippen molar-refractivity contribution in [2.45, 2.75) is 58.8 Å². The molecular formula is C15H29N3O2. The monoisotopic (exact) mass is 283 g/mol. The van der Waals surface area contributed by atoms with E-state index in [1.165, 1.54) is 25.7 Å². The summed E-state index contributed by atoms with van der Waals surface area (Å²) in [5, 5.41) is 0. The van der Waals surface area contributed by atoms with E-state index in [4.69, 9.17) is 5.84 Å². The summed E-state index contributed by atoms with van der Waals surface area (Å²) in [7, 11) is 0. The van der Waals surface area contributed by atoms with E-state index in [1.807, 2.05) is 5.43 Å². The lowest BCUT2D eigenvalue weighted by atomic mass is 9.90. The highest BCUT2D eigenvalue weighted by Gasteiger charge is 2.23. The van der Waals surface area contributed by atoms with E-state index in [2.05, 4.69) is 13.8 Å². The first-order valence-corrected chi connectivity index (χ1v) is 7.80. The highest BCUT2D eigenvalue weighted by molar-refractivity contribution is 5.96. The number of hydrazine groups is 1. The van der Waals surface area contributed by atoms with Crippen LogP contribution in [0.2, 0.25) is 0 Å². The third-order valence-electron chi connectivity index (χ3n) is 4.08. The topological polar surface area (TPSA) is 75.4 Å². The fourth-order valence-electron chi connectivity index (χ4n) is 2.76. The molecule has 0 spiro atoms. The molecule has 0 aromatic carbocycles. The predicted molar refractivity (Wildman–Crippen MR) is 79.6 cm³/mol. The first-order valence-electron chi connectivity index (χ1n) is 7.80. The summed E-state index contributed by atoms with van der Waals surface area (Å²) in [6.45, 7) is 6.10. The summed E-state index contributed by atoms with van der Waals surface area (Å²) in [6, 6.07) is 0. The predicted octanol–water partition coefficient (Wildman–Crippen LogP) is 1.82. The van der Waals surface area contributed by atoms with Crippen LogP contribution in [0.4, 0.5) is 0 Å². The Balaban J connectivity index is 2.16. The van der Waals surface area contributed by atoms with Gasteiger partial charge in [-0.1, -0.05) is 39.5 Å². The van der Waals surface area contributed by atoms with Crippen LogP contribution >= 0.6 is 0 Å². The first kappa shape index (κ1) is 17.0. The van der Waals surface area contributed by atoms with Crippen LogP contribution in [0.15, 0.2) is 0 Å². The van der Waals surface area contributed by atoms with Crippen LogP contribution in [-0.2, 0) is 9.59 Å². The zero-order chi connectivity index (χ0) is 15.0. The van der Waals surface area contributed by atoms with Crippen molar-refractivity contribution in [2.24, 2.45) is 17.7 Å². The van der Waals surface area contributed by atoms with Gasteiger partial charge < -0.3 is 4.90 Å². The molecule has 0 atom stereocenters. The molecule has 0 unspecified atom stereocenters. The fraction of sp³-hybridized carbons (Fsp3) is 0.867. The molecule has 0 saturated carbocycles. The molecule has 20 heavy (non-hydrogen) atoms. The van der Waals surface area contributed by atoms with Crippen molar-refractivity contribution >= 4 is 11.8 Å². The van der Waals surface area contributed by atoms with Gasteiger partial charge in [0, 0.05) is 13.1 Å². The van der Waals surface area contributed by atoms with Crippen LogP contribution < -0.4 is 11.3 Å². The van der Waals surface area contributed by atoms with Crippen LogP contribution in [0, 0.1) is 11.8 Å². The second-order valence-electron chi connectivity index (χ2n) is 6.25. The Bertz CT molecular complexity index is 310. The van der Waals surface area contributed by atoms with Gasteiger partial charge in [-0.05, 0) is 24.7 Å². The molecule has 0 bridgehead atoms. The Labute approximate surface area is 122 Å². The zero-order valence-corrected chi connectivity index (χ0v) is 12.9. The van der Waals surface area contributed by atoms with E-state index in [0.29, 0.717) is 0 Å². The molecule has 1 rings (SSSR count). The van der Waals surface area contributed by atoms with Gasteiger partial charge in [0.1, 0.15) is 6.42 Å². The Morgan fingerprint density at radius 3 is 2.45 bits per heavy atom. The molecule has 1 aliphatic heterocycles.